The van der Waals surface area contributed by atoms with Gasteiger partial charge in [0.1, 0.15) is 5.82 Å². The van der Waals surface area contributed by atoms with E-state index in [1.807, 2.05) is 0 Å². The molecule has 2 aromatic rings. The summed E-state index contributed by atoms with van der Waals surface area (Å²) in [6.45, 7) is 0. The molecule has 0 amide bonds. The van der Waals surface area contributed by atoms with E-state index in [4.69, 9.17) is 23.2 Å². The van der Waals surface area contributed by atoms with Crippen LogP contribution < -0.4 is 0 Å². The minimum atomic E-state index is -1.09. The van der Waals surface area contributed by atoms with E-state index in [1.54, 1.807) is 0 Å². The van der Waals surface area contributed by atoms with Crippen LogP contribution in [-0.2, 0) is 0 Å². The van der Waals surface area contributed by atoms with Crippen LogP contribution in [0.5, 0.6) is 0 Å². The summed E-state index contributed by atoms with van der Waals surface area (Å²) in [5.74, 6) is -2.90. The Bertz CT molecular complexity index is 582. The molecule has 0 N–H and O–H groups in total. The van der Waals surface area contributed by atoms with Crippen molar-refractivity contribution in [3.05, 3.63) is 57.8 Å². The Morgan fingerprint density at radius 2 is 1.53 bits per heavy atom. The molecule has 0 atom stereocenters. The Balaban J connectivity index is 2.73. The maximum Gasteiger partial charge on any atom is 0.166 e. The molecular weight excluding hydrogens is 272 g/mol. The molecule has 17 heavy (non-hydrogen) atoms. The topological polar surface area (TPSA) is 0 Å². The predicted octanol–water partition coefficient (Wildman–Crippen LogP) is 5.08. The molecule has 0 bridgehead atoms. The van der Waals surface area contributed by atoms with Crippen LogP contribution >= 0.6 is 23.2 Å². The zero-order valence-corrected chi connectivity index (χ0v) is 9.79. The van der Waals surface area contributed by atoms with E-state index < -0.39 is 17.5 Å². The largest absolute Gasteiger partial charge is 0.205 e. The van der Waals surface area contributed by atoms with Gasteiger partial charge in [0.15, 0.2) is 11.6 Å². The lowest BCUT2D eigenvalue weighted by atomic mass is 10.0. The third kappa shape index (κ3) is 2.26. The molecule has 0 unspecified atom stereocenters. The molecule has 0 fully saturated rings. The van der Waals surface area contributed by atoms with Crippen molar-refractivity contribution >= 4 is 23.2 Å². The third-order valence-corrected chi connectivity index (χ3v) is 2.84. The van der Waals surface area contributed by atoms with Gasteiger partial charge in [0, 0.05) is 16.1 Å². The van der Waals surface area contributed by atoms with E-state index in [1.165, 1.54) is 18.2 Å². The number of hydrogen-bond acceptors (Lipinski definition) is 0. The fourth-order valence-corrected chi connectivity index (χ4v) is 1.88. The molecule has 2 aromatic carbocycles. The highest BCUT2D eigenvalue weighted by molar-refractivity contribution is 6.35. The summed E-state index contributed by atoms with van der Waals surface area (Å²) in [6, 6.07) is 5.86. The lowest BCUT2D eigenvalue weighted by Gasteiger charge is -2.08. The molecule has 0 saturated carbocycles. The van der Waals surface area contributed by atoms with Gasteiger partial charge in [0.2, 0.25) is 0 Å². The minimum Gasteiger partial charge on any atom is -0.205 e. The number of halogens is 5. The first kappa shape index (κ1) is 12.3. The van der Waals surface area contributed by atoms with Gasteiger partial charge < -0.3 is 0 Å². The van der Waals surface area contributed by atoms with Gasteiger partial charge in [-0.3, -0.25) is 0 Å². The maximum absolute atomic E-state index is 13.5. The summed E-state index contributed by atoms with van der Waals surface area (Å²) >= 11 is 11.4. The van der Waals surface area contributed by atoms with Crippen molar-refractivity contribution in [3.63, 3.8) is 0 Å². The SMILES string of the molecule is Fc1cccc(-c2cc(Cl)cc(F)c2Cl)c1F. The van der Waals surface area contributed by atoms with E-state index in [0.29, 0.717) is 0 Å². The van der Waals surface area contributed by atoms with Crippen molar-refractivity contribution in [2.45, 2.75) is 0 Å². The van der Waals surface area contributed by atoms with Crippen LogP contribution in [0.25, 0.3) is 11.1 Å². The van der Waals surface area contributed by atoms with Crippen LogP contribution in [0.2, 0.25) is 10.0 Å². The van der Waals surface area contributed by atoms with Crippen molar-refractivity contribution in [2.75, 3.05) is 0 Å². The van der Waals surface area contributed by atoms with Crippen LogP contribution in [-0.4, -0.2) is 0 Å². The quantitative estimate of drug-likeness (QED) is 0.638. The van der Waals surface area contributed by atoms with Gasteiger partial charge in [-0.2, -0.15) is 0 Å². The van der Waals surface area contributed by atoms with Crippen molar-refractivity contribution in [2.24, 2.45) is 0 Å². The highest BCUT2D eigenvalue weighted by Gasteiger charge is 2.15. The first-order valence-corrected chi connectivity index (χ1v) is 5.35. The molecule has 0 spiro atoms. The van der Waals surface area contributed by atoms with E-state index in [9.17, 15) is 13.2 Å². The molecule has 88 valence electrons. The number of benzene rings is 2. The van der Waals surface area contributed by atoms with Gasteiger partial charge in [0.25, 0.3) is 0 Å². The summed E-state index contributed by atoms with van der Waals surface area (Å²) < 4.78 is 39.9. The summed E-state index contributed by atoms with van der Waals surface area (Å²) in [7, 11) is 0. The Hall–Kier alpha value is -1.19. The van der Waals surface area contributed by atoms with Crippen molar-refractivity contribution in [1.82, 2.24) is 0 Å². The molecule has 0 aromatic heterocycles. The molecule has 2 rings (SSSR count). The van der Waals surface area contributed by atoms with Crippen LogP contribution in [0.3, 0.4) is 0 Å². The second kappa shape index (κ2) is 4.59. The van der Waals surface area contributed by atoms with Gasteiger partial charge in [-0.1, -0.05) is 35.3 Å². The third-order valence-electron chi connectivity index (χ3n) is 2.23. The van der Waals surface area contributed by atoms with Crippen molar-refractivity contribution < 1.29 is 13.2 Å². The monoisotopic (exact) mass is 276 g/mol. The molecule has 5 heteroatoms. The first-order valence-electron chi connectivity index (χ1n) is 4.59. The molecule has 0 aliphatic rings. The lowest BCUT2D eigenvalue weighted by molar-refractivity contribution is 0.511. The van der Waals surface area contributed by atoms with Crippen LogP contribution in [0, 0.1) is 17.5 Å². The smallest absolute Gasteiger partial charge is 0.166 e. The van der Waals surface area contributed by atoms with Crippen LogP contribution in [0.1, 0.15) is 0 Å². The van der Waals surface area contributed by atoms with Gasteiger partial charge in [-0.15, -0.1) is 0 Å². The Morgan fingerprint density at radius 1 is 0.824 bits per heavy atom. The second-order valence-electron chi connectivity index (χ2n) is 3.35. The minimum absolute atomic E-state index is 0.0219. The first-order chi connectivity index (χ1) is 8.00. The fourth-order valence-electron chi connectivity index (χ4n) is 1.46. The molecule has 0 aliphatic heterocycles. The molecule has 0 radical (unpaired) electrons. The average Bonchev–Trinajstić information content (AvgIpc) is 2.27. The number of hydrogen-bond donors (Lipinski definition) is 0. The van der Waals surface area contributed by atoms with Crippen LogP contribution in [0.4, 0.5) is 13.2 Å². The van der Waals surface area contributed by atoms with Crippen LogP contribution in [0.15, 0.2) is 30.3 Å². The standard InChI is InChI=1S/C12H5Cl2F3/c13-6-4-8(11(14)10(16)5-6)7-2-1-3-9(15)12(7)17/h1-5H. The summed E-state index contributed by atoms with van der Waals surface area (Å²) in [6.07, 6.45) is 0. The lowest BCUT2D eigenvalue weighted by Crippen LogP contribution is -1.91. The van der Waals surface area contributed by atoms with E-state index in [0.717, 1.165) is 12.1 Å². The summed E-state index contributed by atoms with van der Waals surface area (Å²) in [4.78, 5) is 0. The van der Waals surface area contributed by atoms with Crippen molar-refractivity contribution in [1.29, 1.82) is 0 Å². The number of rotatable bonds is 1. The van der Waals surface area contributed by atoms with Crippen molar-refractivity contribution in [3.8, 4) is 11.1 Å². The second-order valence-corrected chi connectivity index (χ2v) is 4.16. The molecule has 0 nitrogen and oxygen atoms in total. The van der Waals surface area contributed by atoms with Gasteiger partial charge in [-0.05, 0) is 18.2 Å². The zero-order valence-electron chi connectivity index (χ0n) is 8.28. The normalized spacial score (nSPS) is 10.6. The fraction of sp³-hybridized carbons (Fsp3) is 0. The molecule has 0 heterocycles. The van der Waals surface area contributed by atoms with E-state index in [2.05, 4.69) is 0 Å². The highest BCUT2D eigenvalue weighted by Crippen LogP contribution is 2.34. The molecule has 0 aliphatic carbocycles. The Kier molecular flexibility index (Phi) is 3.31. The Labute approximate surface area is 106 Å². The summed E-state index contributed by atoms with van der Waals surface area (Å²) in [5.41, 5.74) is -0.106. The average molecular weight is 277 g/mol. The predicted molar refractivity (Wildman–Crippen MR) is 61.8 cm³/mol. The summed E-state index contributed by atoms with van der Waals surface area (Å²) in [5, 5.41) is -0.232. The zero-order chi connectivity index (χ0) is 12.6. The molecular formula is C12H5Cl2F3. The van der Waals surface area contributed by atoms with E-state index in [-0.39, 0.29) is 21.2 Å². The Morgan fingerprint density at radius 3 is 2.24 bits per heavy atom. The molecule has 0 saturated heterocycles. The van der Waals surface area contributed by atoms with Gasteiger partial charge in [0.05, 0.1) is 5.02 Å². The van der Waals surface area contributed by atoms with Gasteiger partial charge in [-0.25, -0.2) is 13.2 Å². The maximum atomic E-state index is 13.5. The highest BCUT2D eigenvalue weighted by atomic mass is 35.5. The van der Waals surface area contributed by atoms with Gasteiger partial charge >= 0.3 is 0 Å². The van der Waals surface area contributed by atoms with E-state index >= 15 is 0 Å².